The van der Waals surface area contributed by atoms with E-state index in [2.05, 4.69) is 0 Å². The van der Waals surface area contributed by atoms with Crippen LogP contribution >= 0.6 is 8.46 Å². The third-order valence-electron chi connectivity index (χ3n) is 2.36. The fourth-order valence-corrected chi connectivity index (χ4v) is 1.88. The molecule has 0 saturated heterocycles. The van der Waals surface area contributed by atoms with Crippen LogP contribution in [0.15, 0.2) is 0 Å². The average molecular weight is 226 g/mol. The van der Waals surface area contributed by atoms with Gasteiger partial charge in [0.05, 0.1) is 0 Å². The Morgan fingerprint density at radius 2 is 1.21 bits per heavy atom. The molecule has 1 aliphatic carbocycles. The van der Waals surface area contributed by atoms with Crippen molar-refractivity contribution in [3.05, 3.63) is 0 Å². The molecule has 0 radical (unpaired) electrons. The molecule has 0 heterocycles. The van der Waals surface area contributed by atoms with E-state index >= 15 is 0 Å². The van der Waals surface area contributed by atoms with Gasteiger partial charge in [-0.25, -0.2) is 0 Å². The van der Waals surface area contributed by atoms with E-state index in [1.165, 1.54) is 0 Å². The van der Waals surface area contributed by atoms with Crippen LogP contribution in [0.5, 0.6) is 0 Å². The summed E-state index contributed by atoms with van der Waals surface area (Å²) in [6, 6.07) is 0. The highest BCUT2D eigenvalue weighted by molar-refractivity contribution is 7.25. The molecule has 1 saturated carbocycles. The van der Waals surface area contributed by atoms with Crippen LogP contribution < -0.4 is 0 Å². The SMILES string of the molecule is O=PC1(O)[C@@H](O)[C@H](O)C(O)[C@H](O)[C@@H]1O. The molecule has 8 heteroatoms. The van der Waals surface area contributed by atoms with Crippen molar-refractivity contribution in [3.63, 3.8) is 0 Å². The molecule has 0 aromatic carbocycles. The third kappa shape index (κ3) is 1.47. The predicted octanol–water partition coefficient (Wildman–Crippen LogP) is -3.22. The monoisotopic (exact) mass is 226 g/mol. The molecule has 1 aliphatic rings. The van der Waals surface area contributed by atoms with Gasteiger partial charge in [0.25, 0.3) is 0 Å². The average Bonchev–Trinajstić information content (AvgIpc) is 2.21. The lowest BCUT2D eigenvalue weighted by Gasteiger charge is -2.43. The van der Waals surface area contributed by atoms with E-state index in [1.54, 1.807) is 0 Å². The first-order valence-electron chi connectivity index (χ1n) is 3.83. The van der Waals surface area contributed by atoms with Gasteiger partial charge in [0, 0.05) is 0 Å². The zero-order chi connectivity index (χ0) is 11.1. The van der Waals surface area contributed by atoms with Crippen molar-refractivity contribution in [3.8, 4) is 0 Å². The Morgan fingerprint density at radius 1 is 0.857 bits per heavy atom. The van der Waals surface area contributed by atoms with Crippen LogP contribution in [0.4, 0.5) is 0 Å². The Balaban J connectivity index is 3.04. The van der Waals surface area contributed by atoms with E-state index in [0.29, 0.717) is 0 Å². The summed E-state index contributed by atoms with van der Waals surface area (Å²) in [5.74, 6) is 0. The number of rotatable bonds is 1. The molecular weight excluding hydrogens is 215 g/mol. The van der Waals surface area contributed by atoms with Crippen LogP contribution in [0, 0.1) is 0 Å². The van der Waals surface area contributed by atoms with E-state index in [1.807, 2.05) is 0 Å². The first-order chi connectivity index (χ1) is 6.36. The van der Waals surface area contributed by atoms with Gasteiger partial charge in [0.1, 0.15) is 30.5 Å². The zero-order valence-corrected chi connectivity index (χ0v) is 7.82. The van der Waals surface area contributed by atoms with Crippen molar-refractivity contribution >= 4 is 8.46 Å². The third-order valence-corrected chi connectivity index (χ3v) is 3.19. The molecule has 0 aromatic heterocycles. The smallest absolute Gasteiger partial charge is 0.201 e. The van der Waals surface area contributed by atoms with Gasteiger partial charge in [0.2, 0.25) is 5.34 Å². The van der Waals surface area contributed by atoms with Gasteiger partial charge in [-0.3, -0.25) is 4.57 Å². The van der Waals surface area contributed by atoms with Crippen LogP contribution in [0.1, 0.15) is 0 Å². The molecule has 82 valence electrons. The van der Waals surface area contributed by atoms with Crippen molar-refractivity contribution in [2.45, 2.75) is 35.9 Å². The van der Waals surface area contributed by atoms with Crippen LogP contribution in [0.2, 0.25) is 0 Å². The summed E-state index contributed by atoms with van der Waals surface area (Å²) < 4.78 is 10.5. The molecule has 0 amide bonds. The molecule has 2 unspecified atom stereocenters. The summed E-state index contributed by atoms with van der Waals surface area (Å²) in [6.45, 7) is 0. The quantitative estimate of drug-likeness (QED) is 0.259. The summed E-state index contributed by atoms with van der Waals surface area (Å²) >= 11 is 0. The topological polar surface area (TPSA) is 138 Å². The fourth-order valence-electron chi connectivity index (χ4n) is 1.36. The minimum absolute atomic E-state index is 1.05. The maximum absolute atomic E-state index is 10.5. The second-order valence-electron chi connectivity index (χ2n) is 3.24. The molecule has 0 aliphatic heterocycles. The minimum atomic E-state index is -2.57. The van der Waals surface area contributed by atoms with E-state index in [4.69, 9.17) is 15.3 Å². The molecule has 7 nitrogen and oxygen atoms in total. The van der Waals surface area contributed by atoms with Gasteiger partial charge in [-0.05, 0) is 0 Å². The molecule has 0 bridgehead atoms. The highest BCUT2D eigenvalue weighted by Gasteiger charge is 2.58. The maximum atomic E-state index is 10.5. The van der Waals surface area contributed by atoms with Crippen molar-refractivity contribution < 1.29 is 35.2 Å². The lowest BCUT2D eigenvalue weighted by atomic mass is 9.84. The van der Waals surface area contributed by atoms with Crippen LogP contribution in [-0.4, -0.2) is 66.5 Å². The molecule has 6 atom stereocenters. The largest absolute Gasteiger partial charge is 0.387 e. The summed E-state index contributed by atoms with van der Waals surface area (Å²) in [4.78, 5) is 0. The summed E-state index contributed by atoms with van der Waals surface area (Å²) in [7, 11) is -1.05. The van der Waals surface area contributed by atoms with Crippen LogP contribution in [0.3, 0.4) is 0 Å². The lowest BCUT2D eigenvalue weighted by molar-refractivity contribution is -0.237. The first-order valence-corrected chi connectivity index (χ1v) is 4.64. The Bertz CT molecular complexity index is 218. The van der Waals surface area contributed by atoms with Gasteiger partial charge >= 0.3 is 0 Å². The zero-order valence-electron chi connectivity index (χ0n) is 6.93. The molecular formula is C6H11O7P. The van der Waals surface area contributed by atoms with Gasteiger partial charge in [-0.1, -0.05) is 0 Å². The fraction of sp³-hybridized carbons (Fsp3) is 1.00. The van der Waals surface area contributed by atoms with Gasteiger partial charge in [-0.15, -0.1) is 0 Å². The van der Waals surface area contributed by atoms with Gasteiger partial charge < -0.3 is 30.6 Å². The normalized spacial score (nSPS) is 54.9. The van der Waals surface area contributed by atoms with Crippen molar-refractivity contribution in [2.24, 2.45) is 0 Å². The van der Waals surface area contributed by atoms with E-state index < -0.39 is 44.3 Å². The van der Waals surface area contributed by atoms with Crippen molar-refractivity contribution in [2.75, 3.05) is 0 Å². The van der Waals surface area contributed by atoms with Gasteiger partial charge in [-0.2, -0.15) is 0 Å². The standard InChI is InChI=1S/C6H11O7P/c7-1-2(8)4(10)6(12,14-13)5(11)3(1)9/h1-5,7-12H/t1?,2-,3+,4-,5-,6?/m0/s1. The Kier molecular flexibility index (Phi) is 3.23. The molecule has 1 fully saturated rings. The second-order valence-corrected chi connectivity index (χ2v) is 4.13. The number of aliphatic hydroxyl groups excluding tert-OH is 5. The predicted molar refractivity (Wildman–Crippen MR) is 42.6 cm³/mol. The van der Waals surface area contributed by atoms with Crippen molar-refractivity contribution in [1.82, 2.24) is 0 Å². The van der Waals surface area contributed by atoms with E-state index in [0.717, 1.165) is 0 Å². The number of aliphatic hydroxyl groups is 6. The Labute approximate surface area is 80.4 Å². The van der Waals surface area contributed by atoms with E-state index in [9.17, 15) is 19.9 Å². The number of hydrogen-bond donors (Lipinski definition) is 6. The summed E-state index contributed by atoms with van der Waals surface area (Å²) in [5, 5.41) is 52.6. The molecule has 14 heavy (non-hydrogen) atoms. The van der Waals surface area contributed by atoms with Crippen LogP contribution in [-0.2, 0) is 4.57 Å². The summed E-state index contributed by atoms with van der Waals surface area (Å²) in [6.07, 6.45) is -9.56. The molecule has 0 spiro atoms. The van der Waals surface area contributed by atoms with Gasteiger partial charge in [0.15, 0.2) is 8.46 Å². The minimum Gasteiger partial charge on any atom is -0.387 e. The Morgan fingerprint density at radius 3 is 1.50 bits per heavy atom. The molecule has 1 rings (SSSR count). The Hall–Kier alpha value is -0.140. The highest BCUT2D eigenvalue weighted by Crippen LogP contribution is 2.37. The number of hydrogen-bond acceptors (Lipinski definition) is 7. The second kappa shape index (κ2) is 3.79. The lowest BCUT2D eigenvalue weighted by Crippen LogP contribution is -2.68. The van der Waals surface area contributed by atoms with Crippen LogP contribution in [0.25, 0.3) is 0 Å². The molecule has 6 N–H and O–H groups in total. The highest BCUT2D eigenvalue weighted by atomic mass is 31.1. The molecule has 0 aromatic rings. The first kappa shape index (κ1) is 11.9. The maximum Gasteiger partial charge on any atom is 0.201 e. The summed E-state index contributed by atoms with van der Waals surface area (Å²) in [5.41, 5.74) is 0. The van der Waals surface area contributed by atoms with Crippen molar-refractivity contribution in [1.29, 1.82) is 0 Å². The van der Waals surface area contributed by atoms with E-state index in [-0.39, 0.29) is 0 Å².